The van der Waals surface area contributed by atoms with E-state index in [-0.39, 0.29) is 0 Å². The zero-order valence-corrected chi connectivity index (χ0v) is 11.6. The largest absolute Gasteiger partial charge is 0.545 e. The van der Waals surface area contributed by atoms with Gasteiger partial charge in [0.15, 0.2) is 0 Å². The van der Waals surface area contributed by atoms with Crippen LogP contribution in [0.25, 0.3) is 0 Å². The van der Waals surface area contributed by atoms with Gasteiger partial charge in [0, 0.05) is 5.41 Å². The molecular formula is C15H21O4-. The Morgan fingerprint density at radius 3 is 2.58 bits per heavy atom. The van der Waals surface area contributed by atoms with Crippen molar-refractivity contribution in [2.24, 2.45) is 5.41 Å². The maximum absolute atomic E-state index is 10.8. The standard InChI is InChI=1S/C15H22O4/c1-10(7-13(17)18)5-6-15(19)11(2)8-12(16)9-14(15,3)4/h5-7,12,16,19H,2,8-9H2,1,3-4H3,(H,17,18)/p-1/b6-5+,10-7-/t12-,15-/m1/s1. The van der Waals surface area contributed by atoms with Crippen LogP contribution in [0.1, 0.15) is 33.6 Å². The average Bonchev–Trinajstić information content (AvgIpc) is 2.21. The van der Waals surface area contributed by atoms with Gasteiger partial charge in [0.25, 0.3) is 0 Å². The van der Waals surface area contributed by atoms with Gasteiger partial charge in [-0.2, -0.15) is 0 Å². The summed E-state index contributed by atoms with van der Waals surface area (Å²) in [6.45, 7) is 9.16. The smallest absolute Gasteiger partial charge is 0.109 e. The first-order valence-electron chi connectivity index (χ1n) is 6.26. The first kappa shape index (κ1) is 15.7. The van der Waals surface area contributed by atoms with Gasteiger partial charge in [-0.1, -0.05) is 26.5 Å². The number of carbonyl (C=O) groups is 1. The number of carboxylic acids is 1. The summed E-state index contributed by atoms with van der Waals surface area (Å²) < 4.78 is 0. The van der Waals surface area contributed by atoms with E-state index in [1.807, 2.05) is 13.8 Å². The van der Waals surface area contributed by atoms with Crippen molar-refractivity contribution in [2.75, 3.05) is 0 Å². The zero-order valence-electron chi connectivity index (χ0n) is 11.6. The van der Waals surface area contributed by atoms with Crippen molar-refractivity contribution in [1.82, 2.24) is 0 Å². The molecule has 2 atom stereocenters. The topological polar surface area (TPSA) is 80.6 Å². The SMILES string of the molecule is C=C1C[C@@H](O)CC(C)(C)[C@@]1(O)/C=C/C(C)=C\C(=O)[O-]. The number of carbonyl (C=O) groups excluding carboxylic acids is 1. The minimum Gasteiger partial charge on any atom is -0.545 e. The van der Waals surface area contributed by atoms with Gasteiger partial charge >= 0.3 is 0 Å². The second kappa shape index (κ2) is 5.31. The predicted molar refractivity (Wildman–Crippen MR) is 71.0 cm³/mol. The normalized spacial score (nSPS) is 31.7. The zero-order chi connectivity index (χ0) is 14.8. The number of hydrogen-bond acceptors (Lipinski definition) is 4. The van der Waals surface area contributed by atoms with Crippen molar-refractivity contribution in [3.8, 4) is 0 Å². The third-order valence-electron chi connectivity index (χ3n) is 3.73. The summed E-state index contributed by atoms with van der Waals surface area (Å²) in [6, 6.07) is 0. The monoisotopic (exact) mass is 265 g/mol. The van der Waals surface area contributed by atoms with Crippen molar-refractivity contribution >= 4 is 5.97 Å². The molecule has 19 heavy (non-hydrogen) atoms. The number of aliphatic carboxylic acids is 1. The molecule has 1 saturated carbocycles. The van der Waals surface area contributed by atoms with E-state index in [2.05, 4.69) is 6.58 Å². The number of aliphatic hydroxyl groups is 2. The Bertz CT molecular complexity index is 445. The summed E-state index contributed by atoms with van der Waals surface area (Å²) in [5, 5.41) is 31.0. The molecule has 1 fully saturated rings. The maximum atomic E-state index is 10.8. The summed E-state index contributed by atoms with van der Waals surface area (Å²) in [6.07, 6.45) is 4.35. The first-order valence-corrected chi connectivity index (χ1v) is 6.26. The molecule has 1 rings (SSSR count). The van der Waals surface area contributed by atoms with Crippen LogP contribution in [0.15, 0.2) is 36.0 Å². The molecule has 1 aliphatic carbocycles. The van der Waals surface area contributed by atoms with E-state index >= 15 is 0 Å². The number of aliphatic hydroxyl groups excluding tert-OH is 1. The lowest BCUT2D eigenvalue weighted by molar-refractivity contribution is -0.297. The maximum Gasteiger partial charge on any atom is 0.109 e. The summed E-state index contributed by atoms with van der Waals surface area (Å²) in [4.78, 5) is 10.4. The Balaban J connectivity index is 3.05. The molecule has 4 heteroatoms. The number of allylic oxidation sites excluding steroid dienone is 2. The molecule has 0 amide bonds. The van der Waals surface area contributed by atoms with E-state index in [9.17, 15) is 20.1 Å². The third kappa shape index (κ3) is 3.33. The van der Waals surface area contributed by atoms with E-state index in [4.69, 9.17) is 0 Å². The van der Waals surface area contributed by atoms with E-state index < -0.39 is 23.1 Å². The minimum atomic E-state index is -1.27. The van der Waals surface area contributed by atoms with Gasteiger partial charge in [0.2, 0.25) is 0 Å². The number of hydrogen-bond donors (Lipinski definition) is 2. The van der Waals surface area contributed by atoms with Gasteiger partial charge in [-0.15, -0.1) is 0 Å². The number of rotatable bonds is 3. The highest BCUT2D eigenvalue weighted by Gasteiger charge is 2.48. The molecule has 0 unspecified atom stereocenters. The van der Waals surface area contributed by atoms with Gasteiger partial charge in [-0.05, 0) is 43.1 Å². The Morgan fingerprint density at radius 2 is 2.11 bits per heavy atom. The van der Waals surface area contributed by atoms with Crippen molar-refractivity contribution in [3.63, 3.8) is 0 Å². The van der Waals surface area contributed by atoms with Crippen LogP contribution in [0, 0.1) is 5.41 Å². The second-order valence-electron chi connectivity index (χ2n) is 5.86. The molecule has 1 aliphatic rings. The minimum absolute atomic E-state index is 0.341. The lowest BCUT2D eigenvalue weighted by Gasteiger charge is -2.47. The van der Waals surface area contributed by atoms with E-state index in [0.29, 0.717) is 24.0 Å². The molecule has 4 nitrogen and oxygen atoms in total. The van der Waals surface area contributed by atoms with E-state index in [1.54, 1.807) is 19.1 Å². The lowest BCUT2D eigenvalue weighted by atomic mass is 9.62. The summed E-state index contributed by atoms with van der Waals surface area (Å²) in [7, 11) is 0. The van der Waals surface area contributed by atoms with Crippen molar-refractivity contribution in [3.05, 3.63) is 36.0 Å². The summed E-state index contributed by atoms with van der Waals surface area (Å²) in [5.74, 6) is -1.27. The van der Waals surface area contributed by atoms with Crippen LogP contribution in [0.3, 0.4) is 0 Å². The van der Waals surface area contributed by atoms with Crippen LogP contribution in [-0.2, 0) is 4.79 Å². The quantitative estimate of drug-likeness (QED) is 0.447. The van der Waals surface area contributed by atoms with Crippen molar-refractivity contribution in [2.45, 2.75) is 45.3 Å². The Morgan fingerprint density at radius 1 is 1.53 bits per heavy atom. The molecule has 106 valence electrons. The van der Waals surface area contributed by atoms with Gasteiger partial charge in [-0.25, -0.2) is 0 Å². The fourth-order valence-electron chi connectivity index (χ4n) is 2.56. The van der Waals surface area contributed by atoms with Gasteiger partial charge < -0.3 is 20.1 Å². The van der Waals surface area contributed by atoms with Crippen molar-refractivity contribution < 1.29 is 20.1 Å². The summed E-state index contributed by atoms with van der Waals surface area (Å²) >= 11 is 0. The highest BCUT2D eigenvalue weighted by atomic mass is 16.4. The molecule has 0 bridgehead atoms. The van der Waals surface area contributed by atoms with Gasteiger partial charge in [-0.3, -0.25) is 0 Å². The molecule has 0 spiro atoms. The van der Waals surface area contributed by atoms with E-state index in [1.165, 1.54) is 0 Å². The Kier molecular flexibility index (Phi) is 4.38. The fourth-order valence-corrected chi connectivity index (χ4v) is 2.56. The summed E-state index contributed by atoms with van der Waals surface area (Å²) in [5.41, 5.74) is -0.815. The van der Waals surface area contributed by atoms with Crippen LogP contribution < -0.4 is 5.11 Å². The molecule has 0 aromatic heterocycles. The van der Waals surface area contributed by atoms with Crippen LogP contribution in [0.2, 0.25) is 0 Å². The Hall–Kier alpha value is -1.39. The third-order valence-corrected chi connectivity index (χ3v) is 3.73. The first-order chi connectivity index (χ1) is 8.58. The van der Waals surface area contributed by atoms with Crippen LogP contribution in [-0.4, -0.2) is 27.9 Å². The highest BCUT2D eigenvalue weighted by Crippen LogP contribution is 2.47. The van der Waals surface area contributed by atoms with Crippen LogP contribution >= 0.6 is 0 Å². The molecule has 2 N–H and O–H groups in total. The molecule has 0 aliphatic heterocycles. The van der Waals surface area contributed by atoms with Crippen LogP contribution in [0.5, 0.6) is 0 Å². The average molecular weight is 265 g/mol. The van der Waals surface area contributed by atoms with Crippen LogP contribution in [0.4, 0.5) is 0 Å². The second-order valence-corrected chi connectivity index (χ2v) is 5.86. The molecule has 0 aromatic rings. The predicted octanol–water partition coefficient (Wildman–Crippen LogP) is 0.707. The highest BCUT2D eigenvalue weighted by molar-refractivity contribution is 5.79. The molecule has 0 aromatic carbocycles. The molecule has 0 radical (unpaired) electrons. The molecular weight excluding hydrogens is 244 g/mol. The number of carboxylic acid groups (broad SMARTS) is 1. The van der Waals surface area contributed by atoms with E-state index in [0.717, 1.165) is 6.08 Å². The molecule has 0 saturated heterocycles. The fraction of sp³-hybridized carbons (Fsp3) is 0.533. The Labute approximate surface area is 113 Å². The molecule has 0 heterocycles. The van der Waals surface area contributed by atoms with Gasteiger partial charge in [0.05, 0.1) is 12.1 Å². The van der Waals surface area contributed by atoms with Gasteiger partial charge in [0.1, 0.15) is 5.60 Å². The lowest BCUT2D eigenvalue weighted by Crippen LogP contribution is -2.50. The van der Waals surface area contributed by atoms with Crippen molar-refractivity contribution in [1.29, 1.82) is 0 Å².